The lowest BCUT2D eigenvalue weighted by atomic mass is 9.78. The van der Waals surface area contributed by atoms with Crippen LogP contribution in [0.15, 0.2) is 22.9 Å². The fourth-order valence-electron chi connectivity index (χ4n) is 4.18. The van der Waals surface area contributed by atoms with Crippen molar-refractivity contribution in [3.8, 4) is 0 Å². The molecule has 1 spiro atoms. The largest absolute Gasteiger partial charge is 0.466 e. The van der Waals surface area contributed by atoms with Crippen LogP contribution in [0.3, 0.4) is 0 Å². The van der Waals surface area contributed by atoms with Crippen LogP contribution in [-0.4, -0.2) is 65.6 Å². The summed E-state index contributed by atoms with van der Waals surface area (Å²) in [5.74, 6) is -0.112. The number of hydrogen-bond acceptors (Lipinski definition) is 5. The molecule has 0 aromatic carbocycles. The molecule has 3 rings (SSSR count). The summed E-state index contributed by atoms with van der Waals surface area (Å²) in [5, 5.41) is 8.03. The van der Waals surface area contributed by atoms with E-state index in [0.717, 1.165) is 51.0 Å². The second-order valence-electron chi connectivity index (χ2n) is 8.25. The Balaban J connectivity index is 1.44. The number of carbonyl (C=O) groups excluding carboxylic acids is 2. The van der Waals surface area contributed by atoms with Crippen molar-refractivity contribution in [3.63, 3.8) is 0 Å². The Morgan fingerprint density at radius 3 is 2.63 bits per heavy atom. The van der Waals surface area contributed by atoms with Gasteiger partial charge in [-0.1, -0.05) is 0 Å². The molecule has 0 bridgehead atoms. The first-order chi connectivity index (χ1) is 14.4. The molecule has 1 unspecified atom stereocenters. The zero-order valence-corrected chi connectivity index (χ0v) is 19.4. The Hall–Kier alpha value is -1.93. The number of thiophene rings is 1. The fraction of sp³-hybridized carbons (Fsp3) is 0.591. The van der Waals surface area contributed by atoms with Gasteiger partial charge in [0.15, 0.2) is 5.11 Å². The first kappa shape index (κ1) is 22.7. The van der Waals surface area contributed by atoms with Crippen molar-refractivity contribution < 1.29 is 14.3 Å². The highest BCUT2D eigenvalue weighted by molar-refractivity contribution is 7.80. The number of amides is 1. The van der Waals surface area contributed by atoms with Gasteiger partial charge in [-0.3, -0.25) is 9.59 Å². The van der Waals surface area contributed by atoms with E-state index in [4.69, 9.17) is 17.0 Å². The number of rotatable bonds is 6. The maximum absolute atomic E-state index is 12.5. The SMILES string of the molecule is CCOC(=O)CC(C)NC(=S)N1CCC2(CCN(C(=O)/C=C/c3ccsc3)CC2)C1. The average molecular weight is 450 g/mol. The molecule has 0 saturated carbocycles. The number of piperidine rings is 1. The molecule has 3 heterocycles. The Labute approximate surface area is 188 Å². The Morgan fingerprint density at radius 2 is 2.00 bits per heavy atom. The number of ether oxygens (including phenoxy) is 1. The Kier molecular flexibility index (Phi) is 7.88. The molecule has 2 aliphatic heterocycles. The van der Waals surface area contributed by atoms with Crippen LogP contribution in [0, 0.1) is 5.41 Å². The van der Waals surface area contributed by atoms with Gasteiger partial charge in [0.1, 0.15) is 0 Å². The number of hydrogen-bond donors (Lipinski definition) is 1. The highest BCUT2D eigenvalue weighted by Gasteiger charge is 2.41. The maximum Gasteiger partial charge on any atom is 0.307 e. The van der Waals surface area contributed by atoms with Gasteiger partial charge in [0, 0.05) is 38.3 Å². The maximum atomic E-state index is 12.5. The predicted octanol–water partition coefficient (Wildman–Crippen LogP) is 3.29. The van der Waals surface area contributed by atoms with E-state index in [1.165, 1.54) is 0 Å². The summed E-state index contributed by atoms with van der Waals surface area (Å²) in [6.07, 6.45) is 6.98. The van der Waals surface area contributed by atoms with Gasteiger partial charge in [-0.05, 0) is 79.2 Å². The van der Waals surface area contributed by atoms with E-state index in [1.807, 2.05) is 41.6 Å². The van der Waals surface area contributed by atoms with Crippen molar-refractivity contribution in [2.24, 2.45) is 5.41 Å². The van der Waals surface area contributed by atoms with Crippen LogP contribution in [0.5, 0.6) is 0 Å². The minimum Gasteiger partial charge on any atom is -0.466 e. The van der Waals surface area contributed by atoms with Crippen LogP contribution in [-0.2, 0) is 14.3 Å². The van der Waals surface area contributed by atoms with Gasteiger partial charge in [0.05, 0.1) is 13.0 Å². The van der Waals surface area contributed by atoms with Gasteiger partial charge in [-0.2, -0.15) is 11.3 Å². The van der Waals surface area contributed by atoms with Crippen LogP contribution >= 0.6 is 23.6 Å². The fourth-order valence-corrected chi connectivity index (χ4v) is 5.17. The van der Waals surface area contributed by atoms with E-state index in [9.17, 15) is 9.59 Å². The van der Waals surface area contributed by atoms with Crippen LogP contribution in [0.4, 0.5) is 0 Å². The van der Waals surface area contributed by atoms with Crippen molar-refractivity contribution in [2.45, 2.75) is 45.6 Å². The van der Waals surface area contributed by atoms with Gasteiger partial charge < -0.3 is 19.9 Å². The average Bonchev–Trinajstić information content (AvgIpc) is 3.37. The lowest BCUT2D eigenvalue weighted by molar-refractivity contribution is -0.143. The van der Waals surface area contributed by atoms with E-state index < -0.39 is 0 Å². The summed E-state index contributed by atoms with van der Waals surface area (Å²) in [6, 6.07) is 1.96. The number of nitrogens with one attached hydrogen (secondary N) is 1. The van der Waals surface area contributed by atoms with Gasteiger partial charge in [0.2, 0.25) is 5.91 Å². The summed E-state index contributed by atoms with van der Waals surface area (Å²) in [5.41, 5.74) is 1.30. The molecule has 1 atom stereocenters. The van der Waals surface area contributed by atoms with Crippen LogP contribution in [0.25, 0.3) is 6.08 Å². The zero-order chi connectivity index (χ0) is 21.6. The minimum atomic E-state index is -0.205. The second kappa shape index (κ2) is 10.4. The second-order valence-corrected chi connectivity index (χ2v) is 9.41. The smallest absolute Gasteiger partial charge is 0.307 e. The van der Waals surface area contributed by atoms with Gasteiger partial charge in [-0.25, -0.2) is 0 Å². The molecule has 8 heteroatoms. The number of likely N-dealkylation sites (tertiary alicyclic amines) is 2. The van der Waals surface area contributed by atoms with Crippen molar-refractivity contribution in [1.29, 1.82) is 0 Å². The molecule has 2 saturated heterocycles. The molecule has 1 amide bonds. The molecule has 1 aromatic heterocycles. The summed E-state index contributed by atoms with van der Waals surface area (Å²) in [6.45, 7) is 7.57. The van der Waals surface area contributed by atoms with Crippen molar-refractivity contribution >= 4 is 46.6 Å². The van der Waals surface area contributed by atoms with Crippen molar-refractivity contribution in [1.82, 2.24) is 15.1 Å². The number of carbonyl (C=O) groups is 2. The van der Waals surface area contributed by atoms with Crippen LogP contribution in [0.2, 0.25) is 0 Å². The third-order valence-corrected chi connectivity index (χ3v) is 7.05. The standard InChI is InChI=1S/C22H31N3O3S2/c1-3-28-20(27)14-17(2)23-21(29)25-12-9-22(16-25)7-10-24(11-8-22)19(26)5-4-18-6-13-30-15-18/h4-6,13,15,17H,3,7-12,14,16H2,1-2H3,(H,23,29)/b5-4+. The summed E-state index contributed by atoms with van der Waals surface area (Å²) < 4.78 is 5.00. The first-order valence-electron chi connectivity index (χ1n) is 10.6. The molecule has 2 fully saturated rings. The van der Waals surface area contributed by atoms with E-state index in [0.29, 0.717) is 18.1 Å². The van der Waals surface area contributed by atoms with Crippen molar-refractivity contribution in [2.75, 3.05) is 32.8 Å². The Bertz CT molecular complexity index is 771. The quantitative estimate of drug-likeness (QED) is 0.409. The number of thiocarbonyl (C=S) groups is 1. The molecule has 1 N–H and O–H groups in total. The Morgan fingerprint density at radius 1 is 1.30 bits per heavy atom. The normalized spacial score (nSPS) is 19.3. The lowest BCUT2D eigenvalue weighted by Gasteiger charge is -2.39. The molecule has 0 aliphatic carbocycles. The number of nitrogens with zero attached hydrogens (tertiary/aromatic N) is 2. The van der Waals surface area contributed by atoms with Crippen LogP contribution in [0.1, 0.15) is 45.1 Å². The summed E-state index contributed by atoms with van der Waals surface area (Å²) in [4.78, 5) is 28.3. The molecule has 6 nitrogen and oxygen atoms in total. The molecular weight excluding hydrogens is 418 g/mol. The summed E-state index contributed by atoms with van der Waals surface area (Å²) in [7, 11) is 0. The molecule has 0 radical (unpaired) electrons. The minimum absolute atomic E-state index is 0.0532. The van der Waals surface area contributed by atoms with Crippen LogP contribution < -0.4 is 5.32 Å². The van der Waals surface area contributed by atoms with E-state index in [-0.39, 0.29) is 23.3 Å². The van der Waals surface area contributed by atoms with Gasteiger partial charge >= 0.3 is 5.97 Å². The molecule has 164 valence electrons. The summed E-state index contributed by atoms with van der Waals surface area (Å²) >= 11 is 7.22. The predicted molar refractivity (Wildman–Crippen MR) is 124 cm³/mol. The zero-order valence-electron chi connectivity index (χ0n) is 17.8. The van der Waals surface area contributed by atoms with E-state index in [2.05, 4.69) is 10.2 Å². The molecular formula is C22H31N3O3S2. The molecule has 2 aliphatic rings. The molecule has 30 heavy (non-hydrogen) atoms. The first-order valence-corrected chi connectivity index (χ1v) is 12.0. The number of esters is 1. The van der Waals surface area contributed by atoms with E-state index >= 15 is 0 Å². The third-order valence-electron chi connectivity index (χ3n) is 5.97. The topological polar surface area (TPSA) is 61.9 Å². The monoisotopic (exact) mass is 449 g/mol. The highest BCUT2D eigenvalue weighted by Crippen LogP contribution is 2.40. The van der Waals surface area contributed by atoms with E-state index in [1.54, 1.807) is 17.4 Å². The third kappa shape index (κ3) is 6.04. The van der Waals surface area contributed by atoms with Gasteiger partial charge in [0.25, 0.3) is 0 Å². The lowest BCUT2D eigenvalue weighted by Crippen LogP contribution is -2.46. The van der Waals surface area contributed by atoms with Gasteiger partial charge in [-0.15, -0.1) is 0 Å². The van der Waals surface area contributed by atoms with Crippen molar-refractivity contribution in [3.05, 3.63) is 28.5 Å². The highest BCUT2D eigenvalue weighted by atomic mass is 32.1. The molecule has 1 aromatic rings.